The lowest BCUT2D eigenvalue weighted by Crippen LogP contribution is -2.36. The largest absolute Gasteiger partial charge is 0.327 e. The van der Waals surface area contributed by atoms with Gasteiger partial charge in [0.05, 0.1) is 0 Å². The Kier molecular flexibility index (Phi) is 4.90. The number of benzene rings is 1. The molecule has 0 spiro atoms. The van der Waals surface area contributed by atoms with E-state index in [1.165, 1.54) is 36.8 Å². The second kappa shape index (κ2) is 6.30. The lowest BCUT2D eigenvalue weighted by Gasteiger charge is -2.37. The van der Waals surface area contributed by atoms with Gasteiger partial charge in [-0.05, 0) is 60.5 Å². The van der Waals surface area contributed by atoms with Crippen LogP contribution in [0.25, 0.3) is 0 Å². The van der Waals surface area contributed by atoms with Crippen molar-refractivity contribution in [1.82, 2.24) is 0 Å². The van der Waals surface area contributed by atoms with Gasteiger partial charge in [-0.1, -0.05) is 52.0 Å². The van der Waals surface area contributed by atoms with Crippen molar-refractivity contribution in [3.63, 3.8) is 0 Å². The second-order valence-electron chi connectivity index (χ2n) is 7.77. The SMILES string of the molecule is CC(C)c1ccc(CC(N)C2CCC(C)(C)CC2)cc1. The normalized spacial score (nSPS) is 21.1. The third kappa shape index (κ3) is 4.09. The second-order valence-corrected chi connectivity index (χ2v) is 7.77. The molecule has 112 valence electrons. The summed E-state index contributed by atoms with van der Waals surface area (Å²) in [5, 5.41) is 0. The Labute approximate surface area is 125 Å². The predicted molar refractivity (Wildman–Crippen MR) is 87.9 cm³/mol. The van der Waals surface area contributed by atoms with E-state index in [0.717, 1.165) is 6.42 Å². The van der Waals surface area contributed by atoms with E-state index in [0.29, 0.717) is 23.3 Å². The maximum Gasteiger partial charge on any atom is 0.0108 e. The number of hydrogen-bond acceptors (Lipinski definition) is 1. The van der Waals surface area contributed by atoms with Gasteiger partial charge in [0.1, 0.15) is 0 Å². The molecule has 1 aliphatic carbocycles. The molecule has 2 rings (SSSR count). The molecule has 0 saturated heterocycles. The van der Waals surface area contributed by atoms with Gasteiger partial charge in [-0.2, -0.15) is 0 Å². The molecular weight excluding hydrogens is 242 g/mol. The van der Waals surface area contributed by atoms with Crippen molar-refractivity contribution in [2.45, 2.75) is 71.8 Å². The predicted octanol–water partition coefficient (Wildman–Crippen LogP) is 4.90. The van der Waals surface area contributed by atoms with E-state index in [-0.39, 0.29) is 0 Å². The van der Waals surface area contributed by atoms with Crippen molar-refractivity contribution < 1.29 is 0 Å². The first-order chi connectivity index (χ1) is 9.37. The third-order valence-corrected chi connectivity index (χ3v) is 5.11. The summed E-state index contributed by atoms with van der Waals surface area (Å²) in [6.45, 7) is 9.26. The van der Waals surface area contributed by atoms with Gasteiger partial charge in [-0.25, -0.2) is 0 Å². The van der Waals surface area contributed by atoms with Crippen molar-refractivity contribution in [3.8, 4) is 0 Å². The third-order valence-electron chi connectivity index (χ3n) is 5.11. The van der Waals surface area contributed by atoms with Crippen LogP contribution in [0.4, 0.5) is 0 Å². The first kappa shape index (κ1) is 15.6. The number of hydrogen-bond donors (Lipinski definition) is 1. The first-order valence-corrected chi connectivity index (χ1v) is 8.22. The monoisotopic (exact) mass is 273 g/mol. The van der Waals surface area contributed by atoms with E-state index < -0.39 is 0 Å². The zero-order valence-electron chi connectivity index (χ0n) is 13.7. The summed E-state index contributed by atoms with van der Waals surface area (Å²) in [6.07, 6.45) is 6.30. The summed E-state index contributed by atoms with van der Waals surface area (Å²) in [5.41, 5.74) is 9.82. The van der Waals surface area contributed by atoms with E-state index in [1.54, 1.807) is 0 Å². The van der Waals surface area contributed by atoms with Crippen LogP contribution in [0.5, 0.6) is 0 Å². The van der Waals surface area contributed by atoms with E-state index >= 15 is 0 Å². The maximum atomic E-state index is 6.47. The molecule has 1 heteroatoms. The Morgan fingerprint density at radius 3 is 2.15 bits per heavy atom. The lowest BCUT2D eigenvalue weighted by molar-refractivity contribution is 0.173. The molecule has 1 unspecified atom stereocenters. The molecule has 0 amide bonds. The Bertz CT molecular complexity index is 406. The fourth-order valence-electron chi connectivity index (χ4n) is 3.33. The number of nitrogens with two attached hydrogens (primary N) is 1. The zero-order chi connectivity index (χ0) is 14.8. The Hall–Kier alpha value is -0.820. The topological polar surface area (TPSA) is 26.0 Å². The molecule has 20 heavy (non-hydrogen) atoms. The summed E-state index contributed by atoms with van der Waals surface area (Å²) in [4.78, 5) is 0. The van der Waals surface area contributed by atoms with Gasteiger partial charge in [0.15, 0.2) is 0 Å². The highest BCUT2D eigenvalue weighted by molar-refractivity contribution is 5.25. The molecule has 0 aromatic heterocycles. The minimum absolute atomic E-state index is 0.330. The Balaban J connectivity index is 1.89. The minimum atomic E-state index is 0.330. The van der Waals surface area contributed by atoms with Crippen molar-refractivity contribution in [1.29, 1.82) is 0 Å². The van der Waals surface area contributed by atoms with Gasteiger partial charge in [0.25, 0.3) is 0 Å². The molecule has 1 nitrogen and oxygen atoms in total. The molecule has 0 radical (unpaired) electrons. The molecule has 1 saturated carbocycles. The van der Waals surface area contributed by atoms with Crippen LogP contribution in [-0.4, -0.2) is 6.04 Å². The highest BCUT2D eigenvalue weighted by Crippen LogP contribution is 2.39. The molecule has 2 N–H and O–H groups in total. The fraction of sp³-hybridized carbons (Fsp3) is 0.684. The highest BCUT2D eigenvalue weighted by atomic mass is 14.7. The lowest BCUT2D eigenvalue weighted by atomic mass is 9.70. The summed E-state index contributed by atoms with van der Waals surface area (Å²) in [7, 11) is 0. The van der Waals surface area contributed by atoms with Crippen LogP contribution in [0.1, 0.15) is 70.4 Å². The summed E-state index contributed by atoms with van der Waals surface area (Å²) >= 11 is 0. The molecule has 0 heterocycles. The van der Waals surface area contributed by atoms with Crippen molar-refractivity contribution >= 4 is 0 Å². The van der Waals surface area contributed by atoms with E-state index in [9.17, 15) is 0 Å². The Morgan fingerprint density at radius 1 is 1.10 bits per heavy atom. The highest BCUT2D eigenvalue weighted by Gasteiger charge is 2.29. The van der Waals surface area contributed by atoms with Crippen LogP contribution >= 0.6 is 0 Å². The van der Waals surface area contributed by atoms with E-state index in [1.807, 2.05) is 0 Å². The molecule has 1 atom stereocenters. The van der Waals surface area contributed by atoms with Crippen LogP contribution in [0, 0.1) is 11.3 Å². The number of rotatable bonds is 4. The standard InChI is InChI=1S/C19H31N/c1-14(2)16-7-5-15(6-8-16)13-18(20)17-9-11-19(3,4)12-10-17/h5-8,14,17-18H,9-13,20H2,1-4H3. The smallest absolute Gasteiger partial charge is 0.0108 e. The van der Waals surface area contributed by atoms with Gasteiger partial charge in [0.2, 0.25) is 0 Å². The molecule has 1 fully saturated rings. The molecule has 0 bridgehead atoms. The van der Waals surface area contributed by atoms with Gasteiger partial charge in [-0.3, -0.25) is 0 Å². The molecule has 1 aromatic carbocycles. The van der Waals surface area contributed by atoms with Crippen LogP contribution in [0.2, 0.25) is 0 Å². The average Bonchev–Trinajstić information content (AvgIpc) is 2.39. The van der Waals surface area contributed by atoms with Gasteiger partial charge in [-0.15, -0.1) is 0 Å². The molecule has 1 aliphatic rings. The first-order valence-electron chi connectivity index (χ1n) is 8.22. The van der Waals surface area contributed by atoms with E-state index in [2.05, 4.69) is 52.0 Å². The fourth-order valence-corrected chi connectivity index (χ4v) is 3.33. The van der Waals surface area contributed by atoms with Gasteiger partial charge < -0.3 is 5.73 Å². The summed E-state index contributed by atoms with van der Waals surface area (Å²) < 4.78 is 0. The van der Waals surface area contributed by atoms with Crippen LogP contribution in [0.15, 0.2) is 24.3 Å². The van der Waals surface area contributed by atoms with Gasteiger partial charge in [0, 0.05) is 6.04 Å². The molecule has 0 aliphatic heterocycles. The van der Waals surface area contributed by atoms with Gasteiger partial charge >= 0.3 is 0 Å². The average molecular weight is 273 g/mol. The Morgan fingerprint density at radius 2 is 1.65 bits per heavy atom. The van der Waals surface area contributed by atoms with Crippen LogP contribution in [-0.2, 0) is 6.42 Å². The minimum Gasteiger partial charge on any atom is -0.327 e. The van der Waals surface area contributed by atoms with Crippen LogP contribution < -0.4 is 5.73 Å². The molecule has 1 aromatic rings. The maximum absolute atomic E-state index is 6.47. The van der Waals surface area contributed by atoms with Crippen LogP contribution in [0.3, 0.4) is 0 Å². The summed E-state index contributed by atoms with van der Waals surface area (Å²) in [5.74, 6) is 1.33. The summed E-state index contributed by atoms with van der Waals surface area (Å²) in [6, 6.07) is 9.38. The van der Waals surface area contributed by atoms with Crippen molar-refractivity contribution in [2.24, 2.45) is 17.1 Å². The van der Waals surface area contributed by atoms with Crippen molar-refractivity contribution in [2.75, 3.05) is 0 Å². The molecular formula is C19H31N. The van der Waals surface area contributed by atoms with Crippen molar-refractivity contribution in [3.05, 3.63) is 35.4 Å². The zero-order valence-corrected chi connectivity index (χ0v) is 13.7. The van der Waals surface area contributed by atoms with E-state index in [4.69, 9.17) is 5.73 Å². The quantitative estimate of drug-likeness (QED) is 0.830.